The van der Waals surface area contributed by atoms with E-state index in [1.807, 2.05) is 19.1 Å². The van der Waals surface area contributed by atoms with Gasteiger partial charge in [0.25, 0.3) is 11.8 Å². The lowest BCUT2D eigenvalue weighted by molar-refractivity contribution is 0.0723. The molecular formula is C24H31ClN4O6S. The van der Waals surface area contributed by atoms with Crippen LogP contribution in [0.4, 0.5) is 0 Å². The Labute approximate surface area is 215 Å². The van der Waals surface area contributed by atoms with Crippen molar-refractivity contribution in [1.82, 2.24) is 20.0 Å². The van der Waals surface area contributed by atoms with E-state index in [1.165, 1.54) is 16.5 Å². The maximum atomic E-state index is 13.4. The van der Waals surface area contributed by atoms with Crippen molar-refractivity contribution < 1.29 is 28.2 Å². The Bertz CT molecular complexity index is 1280. The number of amides is 2. The lowest BCUT2D eigenvalue weighted by Crippen LogP contribution is -2.54. The van der Waals surface area contributed by atoms with Gasteiger partial charge in [0.05, 0.1) is 24.0 Å². The number of aliphatic hydroxyl groups excluding tert-OH is 2. The summed E-state index contributed by atoms with van der Waals surface area (Å²) in [6.07, 6.45) is 1.05. The molecule has 1 aliphatic carbocycles. The number of hydrogen-bond donors (Lipinski definition) is 3. The van der Waals surface area contributed by atoms with Crippen molar-refractivity contribution in [2.75, 3.05) is 26.3 Å². The van der Waals surface area contributed by atoms with Gasteiger partial charge >= 0.3 is 0 Å². The van der Waals surface area contributed by atoms with Crippen molar-refractivity contribution in [3.63, 3.8) is 0 Å². The molecule has 36 heavy (non-hydrogen) atoms. The van der Waals surface area contributed by atoms with E-state index in [1.54, 1.807) is 19.2 Å². The average molecular weight is 539 g/mol. The minimum absolute atomic E-state index is 0.0382. The first-order valence-electron chi connectivity index (χ1n) is 11.8. The minimum atomic E-state index is -3.94. The predicted molar refractivity (Wildman–Crippen MR) is 134 cm³/mol. The SMILES string of the molecule is C[C@@H](NC(=O)c1nn(C)c2c1CCN(CC1(S(=O)(=O)C(C)(CO)CO)CC1)C2=O)c1ccc(Cl)cc1. The molecule has 1 aromatic carbocycles. The van der Waals surface area contributed by atoms with Crippen molar-refractivity contribution in [1.29, 1.82) is 0 Å². The second-order valence-electron chi connectivity index (χ2n) is 9.98. The maximum Gasteiger partial charge on any atom is 0.272 e. The van der Waals surface area contributed by atoms with Crippen LogP contribution in [-0.4, -0.2) is 80.9 Å². The molecule has 0 saturated heterocycles. The summed E-state index contributed by atoms with van der Waals surface area (Å²) in [7, 11) is -2.36. The molecule has 0 unspecified atom stereocenters. The van der Waals surface area contributed by atoms with Crippen molar-refractivity contribution >= 4 is 33.3 Å². The van der Waals surface area contributed by atoms with E-state index in [0.29, 0.717) is 29.8 Å². The molecule has 3 N–H and O–H groups in total. The van der Waals surface area contributed by atoms with Gasteiger partial charge in [0.1, 0.15) is 10.4 Å². The summed E-state index contributed by atoms with van der Waals surface area (Å²) in [5.41, 5.74) is 1.82. The Kier molecular flexibility index (Phi) is 6.97. The fourth-order valence-electron chi connectivity index (χ4n) is 4.75. The van der Waals surface area contributed by atoms with Crippen LogP contribution in [0.25, 0.3) is 0 Å². The second kappa shape index (κ2) is 9.44. The molecule has 0 radical (unpaired) electrons. The number of nitrogens with one attached hydrogen (secondary N) is 1. The number of aromatic nitrogens is 2. The molecule has 12 heteroatoms. The number of sulfone groups is 1. The molecule has 1 fully saturated rings. The molecule has 2 heterocycles. The van der Waals surface area contributed by atoms with E-state index in [9.17, 15) is 28.2 Å². The lowest BCUT2D eigenvalue weighted by Gasteiger charge is -2.35. The average Bonchev–Trinajstić information content (AvgIpc) is 3.56. The summed E-state index contributed by atoms with van der Waals surface area (Å²) in [6.45, 7) is 1.93. The maximum absolute atomic E-state index is 13.4. The number of rotatable bonds is 9. The molecule has 1 aliphatic heterocycles. The minimum Gasteiger partial charge on any atom is -0.395 e. The van der Waals surface area contributed by atoms with Gasteiger partial charge in [-0.25, -0.2) is 8.42 Å². The number of fused-ring (bicyclic) bond motifs is 1. The fourth-order valence-corrected chi connectivity index (χ4v) is 7.22. The Hall–Kier alpha value is -2.47. The van der Waals surface area contributed by atoms with E-state index in [4.69, 9.17) is 11.6 Å². The number of aliphatic hydroxyl groups is 2. The Morgan fingerprint density at radius 1 is 1.25 bits per heavy atom. The number of hydrogen-bond acceptors (Lipinski definition) is 7. The van der Waals surface area contributed by atoms with Crippen LogP contribution < -0.4 is 5.32 Å². The summed E-state index contributed by atoms with van der Waals surface area (Å²) in [5.74, 6) is -0.800. The van der Waals surface area contributed by atoms with Gasteiger partial charge < -0.3 is 20.4 Å². The van der Waals surface area contributed by atoms with Gasteiger partial charge in [0.2, 0.25) is 0 Å². The number of halogens is 1. The monoisotopic (exact) mass is 538 g/mol. The molecule has 1 atom stereocenters. The topological polar surface area (TPSA) is 142 Å². The highest BCUT2D eigenvalue weighted by atomic mass is 35.5. The molecule has 1 aromatic heterocycles. The van der Waals surface area contributed by atoms with E-state index in [2.05, 4.69) is 10.4 Å². The van der Waals surface area contributed by atoms with Crippen LogP contribution >= 0.6 is 11.6 Å². The number of aryl methyl sites for hydroxylation is 1. The number of nitrogens with zero attached hydrogens (tertiary/aromatic N) is 3. The van der Waals surface area contributed by atoms with E-state index < -0.39 is 44.4 Å². The molecule has 2 amide bonds. The highest BCUT2D eigenvalue weighted by Crippen LogP contribution is 2.49. The van der Waals surface area contributed by atoms with Gasteiger partial charge in [-0.2, -0.15) is 5.10 Å². The third kappa shape index (κ3) is 4.31. The number of benzene rings is 1. The Balaban J connectivity index is 1.53. The first-order valence-corrected chi connectivity index (χ1v) is 13.6. The fraction of sp³-hybridized carbons (Fsp3) is 0.542. The third-order valence-corrected chi connectivity index (χ3v) is 10.9. The van der Waals surface area contributed by atoms with E-state index in [0.717, 1.165) is 5.56 Å². The zero-order valence-corrected chi connectivity index (χ0v) is 22.1. The van der Waals surface area contributed by atoms with Crippen LogP contribution in [0.15, 0.2) is 24.3 Å². The van der Waals surface area contributed by atoms with E-state index in [-0.39, 0.29) is 30.5 Å². The first-order chi connectivity index (χ1) is 16.9. The molecule has 0 spiro atoms. The molecule has 196 valence electrons. The second-order valence-corrected chi connectivity index (χ2v) is 13.3. The van der Waals surface area contributed by atoms with Crippen LogP contribution in [0.2, 0.25) is 5.02 Å². The zero-order valence-electron chi connectivity index (χ0n) is 20.5. The van der Waals surface area contributed by atoms with Crippen LogP contribution in [0.1, 0.15) is 64.8 Å². The van der Waals surface area contributed by atoms with Crippen molar-refractivity contribution in [3.05, 3.63) is 51.8 Å². The van der Waals surface area contributed by atoms with E-state index >= 15 is 0 Å². The summed E-state index contributed by atoms with van der Waals surface area (Å²) in [6, 6.07) is 6.82. The van der Waals surface area contributed by atoms with Crippen molar-refractivity contribution in [2.45, 2.75) is 48.6 Å². The van der Waals surface area contributed by atoms with Crippen molar-refractivity contribution in [2.24, 2.45) is 7.05 Å². The molecule has 1 saturated carbocycles. The highest BCUT2D eigenvalue weighted by Gasteiger charge is 2.62. The standard InChI is InChI=1S/C24H31ClN4O6S/c1-15(16-4-6-17(25)7-5-16)26-21(32)19-18-8-11-29(22(33)20(18)28(3)27-19)12-24(9-10-24)36(34,35)23(2,13-30)14-31/h4-7,15,30-31H,8-14H2,1-3H3,(H,26,32)/t15-/m1/s1. The summed E-state index contributed by atoms with van der Waals surface area (Å²) in [4.78, 5) is 27.9. The molecule has 2 aliphatic rings. The molecule has 2 aromatic rings. The number of carbonyl (C=O) groups excluding carboxylic acids is 2. The van der Waals surface area contributed by atoms with Gasteiger partial charge in [-0.05, 0) is 50.8 Å². The summed E-state index contributed by atoms with van der Waals surface area (Å²) < 4.78 is 25.1. The van der Waals surface area contributed by atoms with Crippen LogP contribution in [0.3, 0.4) is 0 Å². The van der Waals surface area contributed by atoms with Crippen molar-refractivity contribution in [3.8, 4) is 0 Å². The van der Waals surface area contributed by atoms with Crippen LogP contribution in [0.5, 0.6) is 0 Å². The molecular weight excluding hydrogens is 508 g/mol. The highest BCUT2D eigenvalue weighted by molar-refractivity contribution is 7.94. The predicted octanol–water partition coefficient (Wildman–Crippen LogP) is 1.25. The van der Waals surface area contributed by atoms with Gasteiger partial charge in [-0.1, -0.05) is 23.7 Å². The summed E-state index contributed by atoms with van der Waals surface area (Å²) in [5, 5.41) is 27.1. The van der Waals surface area contributed by atoms with Crippen LogP contribution in [0, 0.1) is 0 Å². The normalized spacial score (nSPS) is 18.1. The smallest absolute Gasteiger partial charge is 0.272 e. The molecule has 0 bridgehead atoms. The third-order valence-electron chi connectivity index (χ3n) is 7.37. The lowest BCUT2D eigenvalue weighted by atomic mass is 10.0. The van der Waals surface area contributed by atoms with Crippen LogP contribution in [-0.2, 0) is 23.3 Å². The molecule has 4 rings (SSSR count). The Morgan fingerprint density at radius 3 is 2.42 bits per heavy atom. The van der Waals surface area contributed by atoms with Gasteiger partial charge in [-0.3, -0.25) is 14.3 Å². The van der Waals surface area contributed by atoms with Gasteiger partial charge in [0, 0.05) is 30.7 Å². The van der Waals surface area contributed by atoms with Gasteiger partial charge in [-0.15, -0.1) is 0 Å². The number of carbonyl (C=O) groups is 2. The van der Waals surface area contributed by atoms with Gasteiger partial charge in [0.15, 0.2) is 15.5 Å². The largest absolute Gasteiger partial charge is 0.395 e. The molecule has 10 nitrogen and oxygen atoms in total. The zero-order chi connectivity index (χ0) is 26.5. The quantitative estimate of drug-likeness (QED) is 0.436. The Morgan fingerprint density at radius 2 is 1.86 bits per heavy atom. The summed E-state index contributed by atoms with van der Waals surface area (Å²) >= 11 is 5.94. The first kappa shape index (κ1) is 26.6.